The first-order valence-corrected chi connectivity index (χ1v) is 6.37. The predicted molar refractivity (Wildman–Crippen MR) is 66.8 cm³/mol. The van der Waals surface area contributed by atoms with Crippen LogP contribution in [0.5, 0.6) is 0 Å². The number of amides is 2. The molecule has 1 aliphatic carbocycles. The van der Waals surface area contributed by atoms with E-state index in [2.05, 4.69) is 10.6 Å². The van der Waals surface area contributed by atoms with Crippen LogP contribution in [0, 0.1) is 0 Å². The normalized spacial score (nSPS) is 25.2. The van der Waals surface area contributed by atoms with Crippen LogP contribution < -0.4 is 10.6 Å². The molecule has 2 aliphatic rings. The molecular formula is C14H16N2O2. The molecule has 4 heteroatoms. The highest BCUT2D eigenvalue weighted by Gasteiger charge is 2.50. The summed E-state index contributed by atoms with van der Waals surface area (Å²) in [5.74, 6) is -0.0764. The van der Waals surface area contributed by atoms with Gasteiger partial charge in [-0.25, -0.2) is 0 Å². The molecule has 0 unspecified atom stereocenters. The average Bonchev–Trinajstić information content (AvgIpc) is 2.32. The number of carbonyl (C=O) groups is 2. The van der Waals surface area contributed by atoms with Crippen molar-refractivity contribution < 1.29 is 9.59 Å². The Morgan fingerprint density at radius 1 is 1.17 bits per heavy atom. The van der Waals surface area contributed by atoms with E-state index in [0.29, 0.717) is 6.42 Å². The molecule has 1 heterocycles. The fourth-order valence-corrected chi connectivity index (χ4v) is 2.62. The first kappa shape index (κ1) is 11.3. The van der Waals surface area contributed by atoms with Crippen molar-refractivity contribution in [3.8, 4) is 0 Å². The number of rotatable bonds is 2. The Morgan fingerprint density at radius 3 is 2.50 bits per heavy atom. The molecule has 1 aliphatic heterocycles. The van der Waals surface area contributed by atoms with Gasteiger partial charge in [0.25, 0.3) is 0 Å². The summed E-state index contributed by atoms with van der Waals surface area (Å²) in [6.07, 6.45) is 3.09. The van der Waals surface area contributed by atoms with Crippen LogP contribution in [0.25, 0.3) is 0 Å². The van der Waals surface area contributed by atoms with Gasteiger partial charge in [0.2, 0.25) is 11.8 Å². The Labute approximate surface area is 106 Å². The Balaban J connectivity index is 1.72. The van der Waals surface area contributed by atoms with Crippen LogP contribution in [0.15, 0.2) is 30.3 Å². The molecule has 1 spiro atoms. The first-order valence-electron chi connectivity index (χ1n) is 6.37. The zero-order valence-corrected chi connectivity index (χ0v) is 10.1. The summed E-state index contributed by atoms with van der Waals surface area (Å²) in [5, 5.41) is 5.75. The lowest BCUT2D eigenvalue weighted by Crippen LogP contribution is -2.72. The third-order valence-electron chi connectivity index (χ3n) is 3.91. The van der Waals surface area contributed by atoms with Crippen LogP contribution in [0.1, 0.15) is 24.8 Å². The Kier molecular flexibility index (Phi) is 2.58. The highest BCUT2D eigenvalue weighted by Crippen LogP contribution is 2.33. The van der Waals surface area contributed by atoms with Gasteiger partial charge in [-0.1, -0.05) is 30.3 Å². The quantitative estimate of drug-likeness (QED) is 0.807. The molecule has 0 bridgehead atoms. The summed E-state index contributed by atoms with van der Waals surface area (Å²) >= 11 is 0. The van der Waals surface area contributed by atoms with Gasteiger partial charge in [0.15, 0.2) is 0 Å². The number of hydrogen-bond acceptors (Lipinski definition) is 2. The third kappa shape index (κ3) is 1.78. The van der Waals surface area contributed by atoms with E-state index >= 15 is 0 Å². The smallest absolute Gasteiger partial charge is 0.246 e. The second-order valence-corrected chi connectivity index (χ2v) is 5.14. The van der Waals surface area contributed by atoms with E-state index in [9.17, 15) is 9.59 Å². The third-order valence-corrected chi connectivity index (χ3v) is 3.91. The lowest BCUT2D eigenvalue weighted by atomic mass is 9.74. The van der Waals surface area contributed by atoms with E-state index in [4.69, 9.17) is 0 Å². The molecule has 18 heavy (non-hydrogen) atoms. The topological polar surface area (TPSA) is 58.2 Å². The van der Waals surface area contributed by atoms with Crippen molar-refractivity contribution in [2.24, 2.45) is 0 Å². The minimum atomic E-state index is -0.593. The predicted octanol–water partition coefficient (Wildman–Crippen LogP) is 0.766. The van der Waals surface area contributed by atoms with Gasteiger partial charge in [0.1, 0.15) is 11.6 Å². The molecule has 1 aromatic carbocycles. The summed E-state index contributed by atoms with van der Waals surface area (Å²) in [7, 11) is 0. The van der Waals surface area contributed by atoms with Gasteiger partial charge in [0.05, 0.1) is 0 Å². The fraction of sp³-hybridized carbons (Fsp3) is 0.429. The maximum Gasteiger partial charge on any atom is 0.246 e. The van der Waals surface area contributed by atoms with E-state index < -0.39 is 11.6 Å². The maximum absolute atomic E-state index is 12.0. The lowest BCUT2D eigenvalue weighted by molar-refractivity contribution is -0.145. The van der Waals surface area contributed by atoms with E-state index in [1.54, 1.807) is 0 Å². The van der Waals surface area contributed by atoms with Crippen molar-refractivity contribution in [2.45, 2.75) is 37.3 Å². The molecule has 0 radical (unpaired) electrons. The molecule has 1 saturated carbocycles. The van der Waals surface area contributed by atoms with Gasteiger partial charge < -0.3 is 10.6 Å². The number of benzene rings is 1. The van der Waals surface area contributed by atoms with Gasteiger partial charge >= 0.3 is 0 Å². The Hall–Kier alpha value is -1.84. The largest absolute Gasteiger partial charge is 0.342 e. The number of carbonyl (C=O) groups excluding carboxylic acids is 2. The van der Waals surface area contributed by atoms with Crippen molar-refractivity contribution >= 4 is 11.8 Å². The number of piperazine rings is 1. The summed E-state index contributed by atoms with van der Waals surface area (Å²) in [6.45, 7) is 0. The first-order chi connectivity index (χ1) is 8.70. The maximum atomic E-state index is 12.0. The van der Waals surface area contributed by atoms with Crippen molar-refractivity contribution in [1.82, 2.24) is 10.6 Å². The number of hydrogen-bond donors (Lipinski definition) is 2. The van der Waals surface area contributed by atoms with E-state index in [1.807, 2.05) is 30.3 Å². The highest BCUT2D eigenvalue weighted by molar-refractivity contribution is 6.00. The SMILES string of the molecule is O=C1NC2(CCC2)C(=O)N[C@@H]1Cc1ccccc1. The van der Waals surface area contributed by atoms with Crippen molar-refractivity contribution in [3.63, 3.8) is 0 Å². The van der Waals surface area contributed by atoms with E-state index in [-0.39, 0.29) is 11.8 Å². The van der Waals surface area contributed by atoms with Crippen LogP contribution in [0.3, 0.4) is 0 Å². The standard InChI is InChI=1S/C14H16N2O2/c17-12-11(9-10-5-2-1-3-6-10)15-13(18)14(16-12)7-4-8-14/h1-3,5-6,11H,4,7-9H2,(H,15,18)(H,16,17)/t11-/m1/s1. The van der Waals surface area contributed by atoms with E-state index in [1.165, 1.54) is 0 Å². The Bertz CT molecular complexity index is 480. The van der Waals surface area contributed by atoms with Gasteiger partial charge in [0, 0.05) is 6.42 Å². The highest BCUT2D eigenvalue weighted by atomic mass is 16.2. The Morgan fingerprint density at radius 2 is 1.89 bits per heavy atom. The zero-order chi connectivity index (χ0) is 12.6. The number of nitrogens with one attached hydrogen (secondary N) is 2. The molecule has 1 saturated heterocycles. The molecule has 1 atom stereocenters. The molecule has 0 aromatic heterocycles. The summed E-state index contributed by atoms with van der Waals surface area (Å²) < 4.78 is 0. The molecule has 3 rings (SSSR count). The minimum Gasteiger partial charge on any atom is -0.342 e. The van der Waals surface area contributed by atoms with Gasteiger partial charge in [-0.05, 0) is 24.8 Å². The van der Waals surface area contributed by atoms with Crippen LogP contribution >= 0.6 is 0 Å². The monoisotopic (exact) mass is 244 g/mol. The second kappa shape index (κ2) is 4.12. The summed E-state index contributed by atoms with van der Waals surface area (Å²) in [5.41, 5.74) is 0.465. The molecule has 2 fully saturated rings. The zero-order valence-electron chi connectivity index (χ0n) is 10.1. The van der Waals surface area contributed by atoms with Crippen LogP contribution in [0.2, 0.25) is 0 Å². The van der Waals surface area contributed by atoms with Crippen LogP contribution in [-0.2, 0) is 16.0 Å². The van der Waals surface area contributed by atoms with Crippen molar-refractivity contribution in [3.05, 3.63) is 35.9 Å². The molecule has 94 valence electrons. The average molecular weight is 244 g/mol. The van der Waals surface area contributed by atoms with Gasteiger partial charge in [-0.2, -0.15) is 0 Å². The van der Waals surface area contributed by atoms with Gasteiger partial charge in [-0.3, -0.25) is 9.59 Å². The van der Waals surface area contributed by atoms with Crippen molar-refractivity contribution in [1.29, 1.82) is 0 Å². The van der Waals surface area contributed by atoms with Gasteiger partial charge in [-0.15, -0.1) is 0 Å². The molecule has 4 nitrogen and oxygen atoms in total. The second-order valence-electron chi connectivity index (χ2n) is 5.14. The molecular weight excluding hydrogens is 228 g/mol. The lowest BCUT2D eigenvalue weighted by Gasteiger charge is -2.45. The van der Waals surface area contributed by atoms with E-state index in [0.717, 1.165) is 24.8 Å². The summed E-state index contributed by atoms with van der Waals surface area (Å²) in [4.78, 5) is 24.0. The van der Waals surface area contributed by atoms with Crippen molar-refractivity contribution in [2.75, 3.05) is 0 Å². The van der Waals surface area contributed by atoms with Crippen LogP contribution in [-0.4, -0.2) is 23.4 Å². The fourth-order valence-electron chi connectivity index (χ4n) is 2.62. The summed E-state index contributed by atoms with van der Waals surface area (Å²) in [6, 6.07) is 9.30. The molecule has 2 amide bonds. The minimum absolute atomic E-state index is 0.0192. The molecule has 1 aromatic rings. The molecule has 2 N–H and O–H groups in total. The van der Waals surface area contributed by atoms with Crippen LogP contribution in [0.4, 0.5) is 0 Å².